The highest BCUT2D eigenvalue weighted by atomic mass is 16.5. The third-order valence-electron chi connectivity index (χ3n) is 5.75. The zero-order valence-corrected chi connectivity index (χ0v) is 17.1. The van der Waals surface area contributed by atoms with E-state index in [-0.39, 0.29) is 12.2 Å². The molecule has 0 aliphatic carbocycles. The highest BCUT2D eigenvalue weighted by molar-refractivity contribution is 5.91. The van der Waals surface area contributed by atoms with Crippen LogP contribution in [0.1, 0.15) is 41.7 Å². The van der Waals surface area contributed by atoms with Gasteiger partial charge < -0.3 is 19.7 Å². The lowest BCUT2D eigenvalue weighted by atomic mass is 9.98. The van der Waals surface area contributed by atoms with E-state index in [4.69, 9.17) is 9.72 Å². The smallest absolute Gasteiger partial charge is 0.340 e. The van der Waals surface area contributed by atoms with Crippen LogP contribution in [0, 0.1) is 11.8 Å². The Balaban J connectivity index is 1.70. The van der Waals surface area contributed by atoms with Crippen molar-refractivity contribution in [1.82, 2.24) is 14.9 Å². The Morgan fingerprint density at radius 1 is 1.29 bits per heavy atom. The zero-order valence-electron chi connectivity index (χ0n) is 17.1. The maximum absolute atomic E-state index is 13.2. The van der Waals surface area contributed by atoms with Gasteiger partial charge in [-0.25, -0.2) is 9.78 Å². The summed E-state index contributed by atoms with van der Waals surface area (Å²) < 4.78 is 6.59. The molecule has 1 aromatic carbocycles. The molecule has 3 aromatic rings. The summed E-state index contributed by atoms with van der Waals surface area (Å²) in [6, 6.07) is 9.47. The number of benzene rings is 1. The molecule has 2 N–H and O–H groups in total. The first-order valence-electron chi connectivity index (χ1n) is 10.3. The van der Waals surface area contributed by atoms with E-state index in [1.807, 2.05) is 24.3 Å². The molecule has 1 atom stereocenters. The van der Waals surface area contributed by atoms with Crippen LogP contribution in [0.25, 0.3) is 22.3 Å². The van der Waals surface area contributed by atoms with Gasteiger partial charge in [-0.2, -0.15) is 0 Å². The fourth-order valence-electron chi connectivity index (χ4n) is 4.20. The third kappa shape index (κ3) is 3.12. The molecule has 4 heterocycles. The van der Waals surface area contributed by atoms with Gasteiger partial charge in [-0.1, -0.05) is 37.0 Å². The van der Waals surface area contributed by atoms with E-state index in [0.717, 1.165) is 35.1 Å². The van der Waals surface area contributed by atoms with Crippen LogP contribution < -0.4 is 10.9 Å². The number of carbonyl (C=O) groups is 1. The summed E-state index contributed by atoms with van der Waals surface area (Å²) in [7, 11) is 0. The number of carbonyl (C=O) groups excluding carboxylic acids is 1. The monoisotopic (exact) mass is 415 g/mol. The zero-order chi connectivity index (χ0) is 21.5. The van der Waals surface area contributed by atoms with E-state index in [1.165, 1.54) is 0 Å². The molecule has 5 rings (SSSR count). The predicted molar refractivity (Wildman–Crippen MR) is 115 cm³/mol. The number of hydrogen-bond donors (Lipinski definition) is 2. The van der Waals surface area contributed by atoms with Crippen molar-refractivity contribution in [2.75, 3.05) is 13.1 Å². The number of hydrogen-bond acceptors (Lipinski definition) is 6. The summed E-state index contributed by atoms with van der Waals surface area (Å²) in [5.74, 6) is 5.81. The standard InChI is InChI=1S/C24H21N3O4/c1-2-25-10-6-5-7-14-15-8-3-4-9-19(15)26-21-17(14)12-27-20(21)11-16-18(23(27)29)13-31-24(30)22(16)28/h3-4,8-9,11,22,25,28H,2,6,10,12-13H2,1H3/t22-/m0/s1. The summed E-state index contributed by atoms with van der Waals surface area (Å²) in [5.41, 5.74) is 4.14. The van der Waals surface area contributed by atoms with Gasteiger partial charge in [0, 0.05) is 35.0 Å². The lowest BCUT2D eigenvalue weighted by Gasteiger charge is -2.21. The van der Waals surface area contributed by atoms with Gasteiger partial charge in [0.25, 0.3) is 5.56 Å². The van der Waals surface area contributed by atoms with Crippen molar-refractivity contribution in [2.45, 2.75) is 32.6 Å². The molecule has 0 saturated heterocycles. The molecule has 0 bridgehead atoms. The van der Waals surface area contributed by atoms with E-state index >= 15 is 0 Å². The van der Waals surface area contributed by atoms with Crippen molar-refractivity contribution in [1.29, 1.82) is 0 Å². The molecule has 0 spiro atoms. The first kappa shape index (κ1) is 19.5. The van der Waals surface area contributed by atoms with Crippen molar-refractivity contribution in [3.8, 4) is 23.2 Å². The van der Waals surface area contributed by atoms with Crippen LogP contribution in [0.2, 0.25) is 0 Å². The number of cyclic esters (lactones) is 1. The summed E-state index contributed by atoms with van der Waals surface area (Å²) >= 11 is 0. The summed E-state index contributed by atoms with van der Waals surface area (Å²) in [4.78, 5) is 29.8. The minimum atomic E-state index is -1.46. The number of aromatic nitrogens is 2. The molecular formula is C24H21N3O4. The number of ether oxygens (including phenoxy) is 1. The minimum absolute atomic E-state index is 0.132. The molecular weight excluding hydrogens is 394 g/mol. The number of fused-ring (bicyclic) bond motifs is 5. The largest absolute Gasteiger partial charge is 0.458 e. The highest BCUT2D eigenvalue weighted by Crippen LogP contribution is 2.37. The highest BCUT2D eigenvalue weighted by Gasteiger charge is 2.34. The fourth-order valence-corrected chi connectivity index (χ4v) is 4.20. The lowest BCUT2D eigenvalue weighted by molar-refractivity contribution is -0.157. The second-order valence-electron chi connectivity index (χ2n) is 7.60. The van der Waals surface area contributed by atoms with Crippen LogP contribution in [0.4, 0.5) is 0 Å². The van der Waals surface area contributed by atoms with Gasteiger partial charge >= 0.3 is 5.97 Å². The maximum atomic E-state index is 13.2. The molecule has 2 aliphatic heterocycles. The van der Waals surface area contributed by atoms with Crippen molar-refractivity contribution in [3.63, 3.8) is 0 Å². The molecule has 2 aliphatic rings. The topological polar surface area (TPSA) is 93.5 Å². The quantitative estimate of drug-likeness (QED) is 0.301. The number of pyridine rings is 2. The number of rotatable bonds is 3. The van der Waals surface area contributed by atoms with E-state index in [2.05, 4.69) is 24.1 Å². The first-order chi connectivity index (χ1) is 15.1. The van der Waals surface area contributed by atoms with Gasteiger partial charge in [0.05, 0.1) is 29.0 Å². The molecule has 0 saturated carbocycles. The number of para-hydroxylation sites is 1. The molecule has 7 nitrogen and oxygen atoms in total. The molecule has 0 radical (unpaired) electrons. The van der Waals surface area contributed by atoms with Gasteiger partial charge in [-0.15, -0.1) is 0 Å². The van der Waals surface area contributed by atoms with Gasteiger partial charge in [0.2, 0.25) is 0 Å². The number of esters is 1. The van der Waals surface area contributed by atoms with Crippen molar-refractivity contribution >= 4 is 16.9 Å². The SMILES string of the molecule is CCNCCC#Cc1c2c(nc3ccccc13)-c1cc3c(c(=O)n1C2)COC(=O)[C@H]3O. The van der Waals surface area contributed by atoms with Gasteiger partial charge in [-0.05, 0) is 18.7 Å². The molecule has 156 valence electrons. The minimum Gasteiger partial charge on any atom is -0.458 e. The van der Waals surface area contributed by atoms with Gasteiger partial charge in [-0.3, -0.25) is 4.79 Å². The molecule has 7 heteroatoms. The average molecular weight is 415 g/mol. The predicted octanol–water partition coefficient (Wildman–Crippen LogP) is 1.87. The van der Waals surface area contributed by atoms with Crippen LogP contribution in [0.15, 0.2) is 35.1 Å². The normalized spacial score (nSPS) is 16.2. The van der Waals surface area contributed by atoms with Crippen molar-refractivity contribution in [2.24, 2.45) is 0 Å². The Morgan fingerprint density at radius 2 is 2.13 bits per heavy atom. The fraction of sp³-hybridized carbons (Fsp3) is 0.292. The van der Waals surface area contributed by atoms with Crippen LogP contribution >= 0.6 is 0 Å². The van der Waals surface area contributed by atoms with Crippen LogP contribution in [-0.4, -0.2) is 33.7 Å². The van der Waals surface area contributed by atoms with Crippen LogP contribution in [-0.2, 0) is 22.7 Å². The summed E-state index contributed by atoms with van der Waals surface area (Å²) in [6.07, 6.45) is -0.747. The number of nitrogens with zero attached hydrogens (tertiary/aromatic N) is 2. The van der Waals surface area contributed by atoms with E-state index in [1.54, 1.807) is 10.6 Å². The Morgan fingerprint density at radius 3 is 2.97 bits per heavy atom. The lowest BCUT2D eigenvalue weighted by Crippen LogP contribution is -2.32. The Labute approximate surface area is 178 Å². The van der Waals surface area contributed by atoms with Crippen molar-refractivity contribution in [3.05, 3.63) is 62.9 Å². The second-order valence-corrected chi connectivity index (χ2v) is 7.60. The third-order valence-corrected chi connectivity index (χ3v) is 5.75. The van der Waals surface area contributed by atoms with E-state index < -0.39 is 12.1 Å². The van der Waals surface area contributed by atoms with E-state index in [9.17, 15) is 14.7 Å². The molecule has 0 fully saturated rings. The van der Waals surface area contributed by atoms with Crippen LogP contribution in [0.5, 0.6) is 0 Å². The Kier molecular flexibility index (Phi) is 4.81. The summed E-state index contributed by atoms with van der Waals surface area (Å²) in [5, 5.41) is 14.5. The van der Waals surface area contributed by atoms with Crippen molar-refractivity contribution < 1.29 is 14.6 Å². The summed E-state index contributed by atoms with van der Waals surface area (Å²) in [6.45, 7) is 3.98. The Hall–Kier alpha value is -3.47. The molecule has 2 aromatic heterocycles. The number of aliphatic hydroxyl groups is 1. The average Bonchev–Trinajstić information content (AvgIpc) is 3.14. The maximum Gasteiger partial charge on any atom is 0.340 e. The molecule has 0 unspecified atom stereocenters. The Bertz CT molecular complexity index is 1350. The van der Waals surface area contributed by atoms with Gasteiger partial charge in [0.15, 0.2) is 6.10 Å². The van der Waals surface area contributed by atoms with Crippen LogP contribution in [0.3, 0.4) is 0 Å². The molecule has 0 amide bonds. The number of aliphatic hydroxyl groups excluding tert-OH is 1. The number of nitrogens with one attached hydrogen (secondary N) is 1. The molecule has 31 heavy (non-hydrogen) atoms. The second kappa shape index (κ2) is 7.65. The van der Waals surface area contributed by atoms with E-state index in [0.29, 0.717) is 35.5 Å². The van der Waals surface area contributed by atoms with Gasteiger partial charge in [0.1, 0.15) is 6.61 Å². The first-order valence-corrected chi connectivity index (χ1v) is 10.3.